The minimum Gasteiger partial charge on any atom is -0.497 e. The fourth-order valence-corrected chi connectivity index (χ4v) is 2.57. The zero-order chi connectivity index (χ0) is 13.2. The number of rotatable bonds is 3. The van der Waals surface area contributed by atoms with Gasteiger partial charge in [0.05, 0.1) is 18.8 Å². The predicted octanol–water partition coefficient (Wildman–Crippen LogP) is 3.70. The second-order valence-electron chi connectivity index (χ2n) is 4.34. The lowest BCUT2D eigenvalue weighted by Gasteiger charge is -2.04. The van der Waals surface area contributed by atoms with Crippen LogP contribution < -0.4 is 4.74 Å². The van der Waals surface area contributed by atoms with E-state index in [1.54, 1.807) is 7.11 Å². The molecule has 1 aromatic carbocycles. The lowest BCUT2D eigenvalue weighted by molar-refractivity contribution is 0.414. The van der Waals surface area contributed by atoms with Gasteiger partial charge < -0.3 is 9.14 Å². The number of ether oxygens (including phenoxy) is 1. The Morgan fingerprint density at radius 2 is 2.16 bits per heavy atom. The van der Waals surface area contributed by atoms with E-state index in [9.17, 15) is 0 Å². The molecule has 3 nitrogen and oxygen atoms in total. The van der Waals surface area contributed by atoms with Crippen LogP contribution in [0.25, 0.3) is 5.52 Å². The van der Waals surface area contributed by atoms with Crippen molar-refractivity contribution in [2.24, 2.45) is 0 Å². The zero-order valence-corrected chi connectivity index (χ0v) is 12.1. The van der Waals surface area contributed by atoms with Crippen molar-refractivity contribution in [3.8, 4) is 5.75 Å². The zero-order valence-electron chi connectivity index (χ0n) is 10.5. The summed E-state index contributed by atoms with van der Waals surface area (Å²) in [6.45, 7) is 0. The van der Waals surface area contributed by atoms with Crippen LogP contribution in [-0.2, 0) is 6.42 Å². The number of imidazole rings is 1. The third-order valence-corrected chi connectivity index (χ3v) is 3.56. The number of hydrogen-bond acceptors (Lipinski definition) is 2. The molecular formula is C15H13BrN2O. The fraction of sp³-hybridized carbons (Fsp3) is 0.133. The summed E-state index contributed by atoms with van der Waals surface area (Å²) in [7, 11) is 1.67. The Labute approximate surface area is 120 Å². The third-order valence-electron chi connectivity index (χ3n) is 3.07. The monoisotopic (exact) mass is 316 g/mol. The van der Waals surface area contributed by atoms with Crippen molar-refractivity contribution in [3.63, 3.8) is 0 Å². The molecule has 3 rings (SSSR count). The van der Waals surface area contributed by atoms with Gasteiger partial charge in [-0.2, -0.15) is 0 Å². The normalized spacial score (nSPS) is 10.8. The first-order chi connectivity index (χ1) is 9.26. The highest BCUT2D eigenvalue weighted by Gasteiger charge is 2.05. The summed E-state index contributed by atoms with van der Waals surface area (Å²) in [4.78, 5) is 4.49. The minimum absolute atomic E-state index is 0.805. The van der Waals surface area contributed by atoms with Gasteiger partial charge in [0.2, 0.25) is 0 Å². The largest absolute Gasteiger partial charge is 0.497 e. The van der Waals surface area contributed by atoms with Gasteiger partial charge in [0.1, 0.15) is 11.6 Å². The number of benzene rings is 1. The lowest BCUT2D eigenvalue weighted by atomic mass is 10.1. The lowest BCUT2D eigenvalue weighted by Crippen LogP contribution is -1.96. The summed E-state index contributed by atoms with van der Waals surface area (Å²) in [5, 5.41) is 0. The first kappa shape index (κ1) is 12.2. The summed E-state index contributed by atoms with van der Waals surface area (Å²) >= 11 is 3.49. The average Bonchev–Trinajstić information content (AvgIpc) is 2.81. The molecule has 4 heteroatoms. The maximum Gasteiger partial charge on any atom is 0.122 e. The van der Waals surface area contributed by atoms with E-state index in [0.29, 0.717) is 0 Å². The van der Waals surface area contributed by atoms with E-state index in [1.165, 1.54) is 5.56 Å². The van der Waals surface area contributed by atoms with Crippen molar-refractivity contribution >= 4 is 21.4 Å². The quantitative estimate of drug-likeness (QED) is 0.736. The molecule has 3 aromatic rings. The van der Waals surface area contributed by atoms with Crippen molar-refractivity contribution in [2.45, 2.75) is 6.42 Å². The Balaban J connectivity index is 1.97. The first-order valence-electron chi connectivity index (χ1n) is 6.01. The molecule has 2 aromatic heterocycles. The van der Waals surface area contributed by atoms with Gasteiger partial charge in [-0.15, -0.1) is 0 Å². The second-order valence-corrected chi connectivity index (χ2v) is 5.26. The van der Waals surface area contributed by atoms with Crippen LogP contribution >= 0.6 is 15.9 Å². The molecule has 0 bridgehead atoms. The van der Waals surface area contributed by atoms with Crippen LogP contribution in [0.15, 0.2) is 53.3 Å². The maximum absolute atomic E-state index is 5.22. The van der Waals surface area contributed by atoms with Crippen LogP contribution in [0, 0.1) is 0 Å². The molecule has 96 valence electrons. The van der Waals surface area contributed by atoms with E-state index >= 15 is 0 Å². The summed E-state index contributed by atoms with van der Waals surface area (Å²) in [6.07, 6.45) is 4.67. The molecule has 0 N–H and O–H groups in total. The maximum atomic E-state index is 5.22. The molecule has 0 spiro atoms. The smallest absolute Gasteiger partial charge is 0.122 e. The topological polar surface area (TPSA) is 26.5 Å². The number of fused-ring (bicyclic) bond motifs is 1. The van der Waals surface area contributed by atoms with Gasteiger partial charge in [-0.05, 0) is 23.8 Å². The highest BCUT2D eigenvalue weighted by molar-refractivity contribution is 9.10. The van der Waals surface area contributed by atoms with Crippen molar-refractivity contribution in [1.82, 2.24) is 9.38 Å². The van der Waals surface area contributed by atoms with Crippen molar-refractivity contribution in [1.29, 1.82) is 0 Å². The number of methoxy groups -OCH3 is 1. The van der Waals surface area contributed by atoms with E-state index in [-0.39, 0.29) is 0 Å². The SMILES string of the molecule is COc1ccn2c(Cc3cccc(Br)c3)ncc2c1. The van der Waals surface area contributed by atoms with Gasteiger partial charge in [-0.25, -0.2) is 4.98 Å². The molecule has 19 heavy (non-hydrogen) atoms. The number of pyridine rings is 1. The van der Waals surface area contributed by atoms with E-state index in [2.05, 4.69) is 37.4 Å². The highest BCUT2D eigenvalue weighted by Crippen LogP contribution is 2.18. The average molecular weight is 317 g/mol. The molecule has 0 saturated heterocycles. The van der Waals surface area contributed by atoms with Crippen LogP contribution in [0.5, 0.6) is 5.75 Å². The van der Waals surface area contributed by atoms with Crippen molar-refractivity contribution < 1.29 is 4.74 Å². The Hall–Kier alpha value is -1.81. The summed E-state index contributed by atoms with van der Waals surface area (Å²) in [5.74, 6) is 1.87. The number of aromatic nitrogens is 2. The van der Waals surface area contributed by atoms with Crippen molar-refractivity contribution in [2.75, 3.05) is 7.11 Å². The molecule has 0 aliphatic carbocycles. The van der Waals surface area contributed by atoms with E-state index < -0.39 is 0 Å². The Morgan fingerprint density at radius 1 is 1.26 bits per heavy atom. The predicted molar refractivity (Wildman–Crippen MR) is 78.7 cm³/mol. The van der Waals surface area contributed by atoms with Crippen LogP contribution in [0.4, 0.5) is 0 Å². The molecule has 2 heterocycles. The molecule has 0 fully saturated rings. The van der Waals surface area contributed by atoms with Gasteiger partial charge in [-0.1, -0.05) is 28.1 Å². The van der Waals surface area contributed by atoms with Gasteiger partial charge in [0.25, 0.3) is 0 Å². The van der Waals surface area contributed by atoms with Gasteiger partial charge in [-0.3, -0.25) is 0 Å². The molecule has 0 radical (unpaired) electrons. The van der Waals surface area contributed by atoms with E-state index in [1.807, 2.05) is 36.7 Å². The van der Waals surface area contributed by atoms with Crippen molar-refractivity contribution in [3.05, 3.63) is 64.7 Å². The molecule has 0 aliphatic rings. The second kappa shape index (κ2) is 5.05. The minimum atomic E-state index is 0.805. The summed E-state index contributed by atoms with van der Waals surface area (Å²) < 4.78 is 8.40. The number of halogens is 1. The fourth-order valence-electron chi connectivity index (χ4n) is 2.12. The molecule has 0 saturated carbocycles. The van der Waals surface area contributed by atoms with Crippen LogP contribution in [0.1, 0.15) is 11.4 Å². The highest BCUT2D eigenvalue weighted by atomic mass is 79.9. The third kappa shape index (κ3) is 2.49. The van der Waals surface area contributed by atoms with Gasteiger partial charge in [0.15, 0.2) is 0 Å². The molecule has 0 unspecified atom stereocenters. The van der Waals surface area contributed by atoms with Crippen LogP contribution in [0.3, 0.4) is 0 Å². The Morgan fingerprint density at radius 3 is 2.95 bits per heavy atom. The van der Waals surface area contributed by atoms with E-state index in [0.717, 1.165) is 28.0 Å². The standard InChI is InChI=1S/C15H13BrN2O/c1-19-14-5-6-18-13(9-14)10-17-15(18)8-11-3-2-4-12(16)7-11/h2-7,9-10H,8H2,1H3. The first-order valence-corrected chi connectivity index (χ1v) is 6.80. The van der Waals surface area contributed by atoms with Crippen LogP contribution in [0.2, 0.25) is 0 Å². The molecule has 0 amide bonds. The number of hydrogen-bond donors (Lipinski definition) is 0. The molecular weight excluding hydrogens is 304 g/mol. The van der Waals surface area contributed by atoms with Gasteiger partial charge in [0, 0.05) is 23.2 Å². The van der Waals surface area contributed by atoms with Crippen LogP contribution in [-0.4, -0.2) is 16.5 Å². The van der Waals surface area contributed by atoms with E-state index in [4.69, 9.17) is 4.74 Å². The summed E-state index contributed by atoms with van der Waals surface area (Å²) in [6, 6.07) is 12.2. The molecule has 0 atom stereocenters. The summed E-state index contributed by atoms with van der Waals surface area (Å²) in [5.41, 5.74) is 2.28. The Bertz CT molecular complexity index is 721. The Kier molecular flexibility index (Phi) is 3.25. The number of nitrogens with zero attached hydrogens (tertiary/aromatic N) is 2. The van der Waals surface area contributed by atoms with Gasteiger partial charge >= 0.3 is 0 Å². The molecule has 0 aliphatic heterocycles.